The molecule has 0 saturated heterocycles. The maximum Gasteiger partial charge on any atom is 0.253 e. The van der Waals surface area contributed by atoms with Gasteiger partial charge in [0.2, 0.25) is 0 Å². The lowest BCUT2D eigenvalue weighted by Crippen LogP contribution is -2.26. The fraction of sp³-hybridized carbons (Fsp3) is 0.188. The van der Waals surface area contributed by atoms with E-state index in [0.717, 1.165) is 11.1 Å². The van der Waals surface area contributed by atoms with Crippen molar-refractivity contribution in [2.24, 2.45) is 0 Å². The molecule has 0 saturated carbocycles. The number of carbonyl (C=O) groups is 1. The van der Waals surface area contributed by atoms with Crippen molar-refractivity contribution in [3.05, 3.63) is 70.8 Å². The average molecular weight is 343 g/mol. The maximum atomic E-state index is 12.5. The summed E-state index contributed by atoms with van der Waals surface area (Å²) < 4.78 is 1.62. The first-order valence-electron chi connectivity index (χ1n) is 7.27. The lowest BCUT2D eigenvalue weighted by Gasteiger charge is -2.17. The molecule has 0 bridgehead atoms. The van der Waals surface area contributed by atoms with Crippen molar-refractivity contribution < 1.29 is 4.79 Å². The normalized spacial score (nSPS) is 10.6. The first-order chi connectivity index (χ1) is 11.6. The van der Waals surface area contributed by atoms with Gasteiger partial charge in [-0.05, 0) is 39.8 Å². The minimum atomic E-state index is -0.0566. The van der Waals surface area contributed by atoms with Crippen LogP contribution in [-0.2, 0) is 13.1 Å². The predicted octanol–water partition coefficient (Wildman–Crippen LogP) is 2.04. The SMILES string of the molecule is CN(Cc1ccc(Cl)nc1)C(=O)c1ccc(Cn2cnnn2)cc1. The molecule has 7 nitrogen and oxygen atoms in total. The van der Waals surface area contributed by atoms with Gasteiger partial charge in [-0.1, -0.05) is 29.8 Å². The van der Waals surface area contributed by atoms with Gasteiger partial charge in [-0.2, -0.15) is 0 Å². The maximum absolute atomic E-state index is 12.5. The molecule has 24 heavy (non-hydrogen) atoms. The molecule has 3 rings (SSSR count). The number of benzene rings is 1. The lowest BCUT2D eigenvalue weighted by molar-refractivity contribution is 0.0785. The van der Waals surface area contributed by atoms with E-state index in [9.17, 15) is 4.79 Å². The van der Waals surface area contributed by atoms with E-state index in [2.05, 4.69) is 20.5 Å². The number of aromatic nitrogens is 5. The Hall–Kier alpha value is -2.80. The number of pyridine rings is 1. The van der Waals surface area contributed by atoms with Crippen LogP contribution in [0.15, 0.2) is 48.9 Å². The Morgan fingerprint density at radius 2 is 1.92 bits per heavy atom. The van der Waals surface area contributed by atoms with Crippen molar-refractivity contribution in [3.63, 3.8) is 0 Å². The molecular formula is C16H15ClN6O. The van der Waals surface area contributed by atoms with Crippen molar-refractivity contribution in [2.45, 2.75) is 13.1 Å². The van der Waals surface area contributed by atoms with Crippen LogP contribution in [0.1, 0.15) is 21.5 Å². The van der Waals surface area contributed by atoms with Gasteiger partial charge in [0.25, 0.3) is 5.91 Å². The van der Waals surface area contributed by atoms with E-state index < -0.39 is 0 Å². The highest BCUT2D eigenvalue weighted by molar-refractivity contribution is 6.29. The van der Waals surface area contributed by atoms with E-state index in [1.54, 1.807) is 47.4 Å². The third-order valence-corrected chi connectivity index (χ3v) is 3.72. The van der Waals surface area contributed by atoms with Crippen LogP contribution in [0.2, 0.25) is 5.15 Å². The smallest absolute Gasteiger partial charge is 0.253 e. The van der Waals surface area contributed by atoms with Crippen LogP contribution >= 0.6 is 11.6 Å². The molecule has 0 aliphatic carbocycles. The Kier molecular flexibility index (Phi) is 4.81. The van der Waals surface area contributed by atoms with Gasteiger partial charge in [0, 0.05) is 25.4 Å². The summed E-state index contributed by atoms with van der Waals surface area (Å²) in [4.78, 5) is 18.1. The largest absolute Gasteiger partial charge is 0.337 e. The highest BCUT2D eigenvalue weighted by atomic mass is 35.5. The molecule has 1 amide bonds. The van der Waals surface area contributed by atoms with E-state index in [-0.39, 0.29) is 5.91 Å². The molecule has 2 aromatic heterocycles. The third kappa shape index (κ3) is 3.94. The molecule has 2 heterocycles. The Bertz CT molecular complexity index is 802. The molecule has 0 N–H and O–H groups in total. The zero-order valence-corrected chi connectivity index (χ0v) is 13.8. The van der Waals surface area contributed by atoms with Gasteiger partial charge in [0.1, 0.15) is 11.5 Å². The van der Waals surface area contributed by atoms with Crippen LogP contribution in [0.5, 0.6) is 0 Å². The third-order valence-electron chi connectivity index (χ3n) is 3.49. The van der Waals surface area contributed by atoms with Gasteiger partial charge >= 0.3 is 0 Å². The highest BCUT2D eigenvalue weighted by Crippen LogP contribution is 2.11. The summed E-state index contributed by atoms with van der Waals surface area (Å²) in [6, 6.07) is 11.0. The monoisotopic (exact) mass is 342 g/mol. The Balaban J connectivity index is 1.64. The molecule has 0 atom stereocenters. The predicted molar refractivity (Wildman–Crippen MR) is 88.4 cm³/mol. The molecular weight excluding hydrogens is 328 g/mol. The van der Waals surface area contributed by atoms with E-state index >= 15 is 0 Å². The summed E-state index contributed by atoms with van der Waals surface area (Å²) in [5.74, 6) is -0.0566. The van der Waals surface area contributed by atoms with E-state index in [1.807, 2.05) is 18.2 Å². The molecule has 0 radical (unpaired) electrons. The molecule has 0 unspecified atom stereocenters. The standard InChI is InChI=1S/C16H15ClN6O/c1-22(9-13-4-7-15(17)18-8-13)16(24)14-5-2-12(3-6-14)10-23-11-19-20-21-23/h2-8,11H,9-10H2,1H3. The number of hydrogen-bond acceptors (Lipinski definition) is 5. The van der Waals surface area contributed by atoms with E-state index in [4.69, 9.17) is 11.6 Å². The number of amides is 1. The zero-order chi connectivity index (χ0) is 16.9. The van der Waals surface area contributed by atoms with Gasteiger partial charge in [0.15, 0.2) is 0 Å². The van der Waals surface area contributed by atoms with Crippen LogP contribution in [0.3, 0.4) is 0 Å². The molecule has 0 aliphatic heterocycles. The average Bonchev–Trinajstić information content (AvgIpc) is 3.10. The van der Waals surface area contributed by atoms with Gasteiger partial charge in [-0.15, -0.1) is 5.10 Å². The number of carbonyl (C=O) groups excluding carboxylic acids is 1. The summed E-state index contributed by atoms with van der Waals surface area (Å²) in [5.41, 5.74) is 2.56. The summed E-state index contributed by atoms with van der Waals surface area (Å²) in [6.45, 7) is 1.03. The Morgan fingerprint density at radius 1 is 1.17 bits per heavy atom. The molecule has 1 aromatic carbocycles. The minimum absolute atomic E-state index is 0.0566. The Labute approximate surface area is 143 Å². The number of tetrazole rings is 1. The number of hydrogen-bond donors (Lipinski definition) is 0. The van der Waals surface area contributed by atoms with Crippen LogP contribution in [0.25, 0.3) is 0 Å². The van der Waals surface area contributed by atoms with Crippen molar-refractivity contribution in [2.75, 3.05) is 7.05 Å². The Morgan fingerprint density at radius 3 is 2.54 bits per heavy atom. The number of nitrogens with zero attached hydrogens (tertiary/aromatic N) is 6. The summed E-state index contributed by atoms with van der Waals surface area (Å²) in [6.07, 6.45) is 3.22. The van der Waals surface area contributed by atoms with E-state index in [0.29, 0.717) is 23.8 Å². The van der Waals surface area contributed by atoms with Crippen molar-refractivity contribution >= 4 is 17.5 Å². The van der Waals surface area contributed by atoms with Crippen molar-refractivity contribution in [1.82, 2.24) is 30.1 Å². The second-order valence-electron chi connectivity index (χ2n) is 5.35. The molecule has 122 valence electrons. The van der Waals surface area contributed by atoms with Crippen LogP contribution < -0.4 is 0 Å². The van der Waals surface area contributed by atoms with Crippen molar-refractivity contribution in [1.29, 1.82) is 0 Å². The van der Waals surface area contributed by atoms with Crippen LogP contribution in [0, 0.1) is 0 Å². The molecule has 8 heteroatoms. The fourth-order valence-corrected chi connectivity index (χ4v) is 2.37. The minimum Gasteiger partial charge on any atom is -0.337 e. The summed E-state index contributed by atoms with van der Waals surface area (Å²) >= 11 is 5.77. The quantitative estimate of drug-likeness (QED) is 0.663. The molecule has 3 aromatic rings. The summed E-state index contributed by atoms with van der Waals surface area (Å²) in [5, 5.41) is 11.4. The lowest BCUT2D eigenvalue weighted by atomic mass is 10.1. The first-order valence-corrected chi connectivity index (χ1v) is 7.65. The van der Waals surface area contributed by atoms with E-state index in [1.165, 1.54) is 0 Å². The highest BCUT2D eigenvalue weighted by Gasteiger charge is 2.12. The second kappa shape index (κ2) is 7.18. The molecule has 0 aliphatic rings. The first kappa shape index (κ1) is 16.1. The number of halogens is 1. The van der Waals surface area contributed by atoms with Gasteiger partial charge < -0.3 is 4.90 Å². The second-order valence-corrected chi connectivity index (χ2v) is 5.74. The van der Waals surface area contributed by atoms with Gasteiger partial charge in [0.05, 0.1) is 6.54 Å². The zero-order valence-electron chi connectivity index (χ0n) is 13.0. The van der Waals surface area contributed by atoms with Crippen LogP contribution in [-0.4, -0.2) is 43.0 Å². The summed E-state index contributed by atoms with van der Waals surface area (Å²) in [7, 11) is 1.76. The molecule has 0 fully saturated rings. The van der Waals surface area contributed by atoms with Gasteiger partial charge in [-0.25, -0.2) is 9.67 Å². The van der Waals surface area contributed by atoms with Crippen LogP contribution in [0.4, 0.5) is 0 Å². The number of rotatable bonds is 5. The fourth-order valence-electron chi connectivity index (χ4n) is 2.26. The topological polar surface area (TPSA) is 76.8 Å². The van der Waals surface area contributed by atoms with Crippen molar-refractivity contribution in [3.8, 4) is 0 Å². The van der Waals surface area contributed by atoms with Gasteiger partial charge in [-0.3, -0.25) is 4.79 Å². The molecule has 0 spiro atoms.